The van der Waals surface area contributed by atoms with E-state index < -0.39 is 0 Å². The molecule has 4 heteroatoms. The molecule has 0 aliphatic carbocycles. The van der Waals surface area contributed by atoms with Crippen LogP contribution in [-0.4, -0.2) is 14.2 Å². The summed E-state index contributed by atoms with van der Waals surface area (Å²) in [5, 5.41) is 18.6. The topological polar surface area (TPSA) is 66.0 Å². The first-order valence-corrected chi connectivity index (χ1v) is 10.7. The number of ether oxygens (including phenoxy) is 2. The molecule has 34 heavy (non-hydrogen) atoms. The van der Waals surface area contributed by atoms with Gasteiger partial charge in [0.25, 0.3) is 0 Å². The van der Waals surface area contributed by atoms with E-state index in [0.717, 1.165) is 44.9 Å². The fourth-order valence-electron chi connectivity index (χ4n) is 3.85. The van der Waals surface area contributed by atoms with Gasteiger partial charge in [-0.2, -0.15) is 10.5 Å². The number of nitriles is 2. The third kappa shape index (κ3) is 4.67. The lowest BCUT2D eigenvalue weighted by Crippen LogP contribution is -1.98. The van der Waals surface area contributed by atoms with E-state index in [-0.39, 0.29) is 0 Å². The third-order valence-corrected chi connectivity index (χ3v) is 5.61. The van der Waals surface area contributed by atoms with E-state index in [9.17, 15) is 10.5 Å². The van der Waals surface area contributed by atoms with Crippen molar-refractivity contribution in [2.45, 2.75) is 0 Å². The molecule has 0 aliphatic rings. The molecule has 0 amide bonds. The maximum absolute atomic E-state index is 9.29. The molecule has 0 saturated carbocycles. The zero-order valence-electron chi connectivity index (χ0n) is 18.9. The summed E-state index contributed by atoms with van der Waals surface area (Å²) in [7, 11) is 3.29. The van der Waals surface area contributed by atoms with Crippen LogP contribution >= 0.6 is 0 Å². The molecular formula is C30H22N2O2. The number of rotatable bonds is 6. The second-order valence-corrected chi connectivity index (χ2v) is 7.59. The maximum atomic E-state index is 9.29. The number of hydrogen-bond donors (Lipinski definition) is 0. The molecule has 0 aromatic heterocycles. The molecule has 0 saturated heterocycles. The van der Waals surface area contributed by atoms with Gasteiger partial charge in [0.2, 0.25) is 0 Å². The molecule has 0 atom stereocenters. The fourth-order valence-corrected chi connectivity index (χ4v) is 3.85. The van der Waals surface area contributed by atoms with Gasteiger partial charge in [-0.1, -0.05) is 48.5 Å². The van der Waals surface area contributed by atoms with E-state index in [4.69, 9.17) is 9.47 Å². The summed E-state index contributed by atoms with van der Waals surface area (Å²) in [5.74, 6) is 1.54. The first kappa shape index (κ1) is 22.4. The Balaban J connectivity index is 2.05. The van der Waals surface area contributed by atoms with E-state index in [1.54, 1.807) is 14.2 Å². The van der Waals surface area contributed by atoms with Crippen LogP contribution < -0.4 is 9.47 Å². The Morgan fingerprint density at radius 3 is 0.971 bits per heavy atom. The smallest absolute Gasteiger partial charge is 0.118 e. The molecule has 0 fully saturated rings. The van der Waals surface area contributed by atoms with Gasteiger partial charge in [0.15, 0.2) is 0 Å². The van der Waals surface area contributed by atoms with E-state index in [1.807, 2.05) is 97.1 Å². The zero-order chi connectivity index (χ0) is 23.9. The van der Waals surface area contributed by atoms with E-state index in [1.165, 1.54) is 0 Å². The number of benzene rings is 4. The van der Waals surface area contributed by atoms with Gasteiger partial charge in [-0.3, -0.25) is 0 Å². The van der Waals surface area contributed by atoms with Crippen molar-refractivity contribution in [1.29, 1.82) is 10.5 Å². The van der Waals surface area contributed by atoms with Gasteiger partial charge in [0.05, 0.1) is 37.5 Å². The van der Waals surface area contributed by atoms with Crippen molar-refractivity contribution < 1.29 is 9.47 Å². The van der Waals surface area contributed by atoms with Crippen molar-refractivity contribution in [2.24, 2.45) is 0 Å². The molecule has 4 nitrogen and oxygen atoms in total. The van der Waals surface area contributed by atoms with Crippen molar-refractivity contribution in [3.05, 3.63) is 130 Å². The van der Waals surface area contributed by atoms with Crippen LogP contribution in [0.5, 0.6) is 11.5 Å². The Hall–Kier alpha value is -4.80. The van der Waals surface area contributed by atoms with Gasteiger partial charge in [0.1, 0.15) is 11.5 Å². The van der Waals surface area contributed by atoms with Gasteiger partial charge in [-0.15, -0.1) is 0 Å². The summed E-state index contributed by atoms with van der Waals surface area (Å²) in [6.45, 7) is 0. The van der Waals surface area contributed by atoms with Gasteiger partial charge >= 0.3 is 0 Å². The standard InChI is InChI=1S/C30H22N2O2/c1-33-27-15-11-25(12-16-27)29(23-7-3-21(19-31)4-8-23)30(24-9-5-22(20-32)6-10-24)26-13-17-28(34-2)18-14-26/h3-18H,1-2H3. The van der Waals surface area contributed by atoms with E-state index >= 15 is 0 Å². The number of hydrogen-bond acceptors (Lipinski definition) is 4. The van der Waals surface area contributed by atoms with Gasteiger partial charge in [-0.25, -0.2) is 0 Å². The lowest BCUT2D eigenvalue weighted by molar-refractivity contribution is 0.414. The molecule has 0 bridgehead atoms. The van der Waals surface area contributed by atoms with E-state index in [0.29, 0.717) is 11.1 Å². The predicted octanol–water partition coefficient (Wildman–Crippen LogP) is 6.45. The SMILES string of the molecule is COc1ccc(C(=C(c2ccc(C#N)cc2)c2ccc(OC)cc2)c2ccc(C#N)cc2)cc1. The molecule has 0 spiro atoms. The minimum absolute atomic E-state index is 0.599. The first-order valence-electron chi connectivity index (χ1n) is 10.7. The van der Waals surface area contributed by atoms with Crippen LogP contribution in [0.2, 0.25) is 0 Å². The van der Waals surface area contributed by atoms with Crippen LogP contribution in [0.25, 0.3) is 11.1 Å². The summed E-state index contributed by atoms with van der Waals surface area (Å²) < 4.78 is 10.7. The first-order chi connectivity index (χ1) is 16.7. The molecule has 0 radical (unpaired) electrons. The quantitative estimate of drug-likeness (QED) is 0.322. The lowest BCUT2D eigenvalue weighted by atomic mass is 9.85. The monoisotopic (exact) mass is 442 g/mol. The molecule has 4 rings (SSSR count). The molecule has 0 unspecified atom stereocenters. The highest BCUT2D eigenvalue weighted by molar-refractivity contribution is 6.04. The van der Waals surface area contributed by atoms with E-state index in [2.05, 4.69) is 12.1 Å². The van der Waals surface area contributed by atoms with Gasteiger partial charge in [0, 0.05) is 0 Å². The van der Waals surface area contributed by atoms with Crippen LogP contribution in [-0.2, 0) is 0 Å². The van der Waals surface area contributed by atoms with Crippen LogP contribution in [0.3, 0.4) is 0 Å². The largest absolute Gasteiger partial charge is 0.497 e. The lowest BCUT2D eigenvalue weighted by Gasteiger charge is -2.19. The highest BCUT2D eigenvalue weighted by Gasteiger charge is 2.17. The molecule has 4 aromatic carbocycles. The van der Waals surface area contributed by atoms with Crippen LogP contribution in [0.1, 0.15) is 33.4 Å². The zero-order valence-corrected chi connectivity index (χ0v) is 18.9. The highest BCUT2D eigenvalue weighted by Crippen LogP contribution is 2.38. The Morgan fingerprint density at radius 2 is 0.735 bits per heavy atom. The summed E-state index contributed by atoms with van der Waals surface area (Å²) >= 11 is 0. The normalized spacial score (nSPS) is 11.1. The third-order valence-electron chi connectivity index (χ3n) is 5.61. The fraction of sp³-hybridized carbons (Fsp3) is 0.0667. The van der Waals surface area contributed by atoms with Crippen LogP contribution in [0.15, 0.2) is 97.1 Å². The molecule has 0 aliphatic heterocycles. The Bertz CT molecular complexity index is 1280. The summed E-state index contributed by atoms with van der Waals surface area (Å²) in [6, 6.07) is 35.4. The van der Waals surface area contributed by atoms with Crippen molar-refractivity contribution >= 4 is 11.1 Å². The summed E-state index contributed by atoms with van der Waals surface area (Å²) in [4.78, 5) is 0. The average Bonchev–Trinajstić information content (AvgIpc) is 2.92. The Labute approximate surface area is 199 Å². The number of nitrogens with zero attached hydrogens (tertiary/aromatic N) is 2. The van der Waals surface area contributed by atoms with Crippen molar-refractivity contribution in [1.82, 2.24) is 0 Å². The second kappa shape index (κ2) is 10.2. The average molecular weight is 443 g/mol. The molecular weight excluding hydrogens is 420 g/mol. The Morgan fingerprint density at radius 1 is 0.471 bits per heavy atom. The van der Waals surface area contributed by atoms with Crippen LogP contribution in [0.4, 0.5) is 0 Å². The molecule has 164 valence electrons. The molecule has 0 N–H and O–H groups in total. The van der Waals surface area contributed by atoms with Crippen LogP contribution in [0, 0.1) is 22.7 Å². The molecule has 0 heterocycles. The maximum Gasteiger partial charge on any atom is 0.118 e. The highest BCUT2D eigenvalue weighted by atomic mass is 16.5. The van der Waals surface area contributed by atoms with Gasteiger partial charge in [-0.05, 0) is 81.9 Å². The van der Waals surface area contributed by atoms with Crippen molar-refractivity contribution in [3.63, 3.8) is 0 Å². The van der Waals surface area contributed by atoms with Gasteiger partial charge < -0.3 is 9.47 Å². The van der Waals surface area contributed by atoms with Crippen molar-refractivity contribution in [3.8, 4) is 23.6 Å². The predicted molar refractivity (Wildman–Crippen MR) is 133 cm³/mol. The number of methoxy groups -OCH3 is 2. The van der Waals surface area contributed by atoms with Crippen molar-refractivity contribution in [2.75, 3.05) is 14.2 Å². The Kier molecular flexibility index (Phi) is 6.73. The second-order valence-electron chi connectivity index (χ2n) is 7.59. The minimum Gasteiger partial charge on any atom is -0.497 e. The molecule has 4 aromatic rings. The summed E-state index contributed by atoms with van der Waals surface area (Å²) in [6.07, 6.45) is 0. The minimum atomic E-state index is 0.599. The summed E-state index contributed by atoms with van der Waals surface area (Å²) in [5.41, 5.74) is 7.15.